The Morgan fingerprint density at radius 2 is 1.72 bits per heavy atom. The van der Waals surface area contributed by atoms with E-state index in [1.54, 1.807) is 30.5 Å². The van der Waals surface area contributed by atoms with E-state index in [1.807, 2.05) is 19.1 Å². The van der Waals surface area contributed by atoms with Gasteiger partial charge in [0.1, 0.15) is 17.8 Å². The van der Waals surface area contributed by atoms with Crippen LogP contribution in [0.1, 0.15) is 12.5 Å². The van der Waals surface area contributed by atoms with Crippen molar-refractivity contribution in [3.63, 3.8) is 0 Å². The van der Waals surface area contributed by atoms with Gasteiger partial charge in [-0.2, -0.15) is 9.97 Å². The molecule has 3 aromatic rings. The molecule has 25 heavy (non-hydrogen) atoms. The molecule has 0 aliphatic rings. The Labute approximate surface area is 143 Å². The molecule has 2 heterocycles. The molecule has 0 radical (unpaired) electrons. The Balaban J connectivity index is 1.93. The summed E-state index contributed by atoms with van der Waals surface area (Å²) in [4.78, 5) is 22.4. The van der Waals surface area contributed by atoms with Gasteiger partial charge in [0.05, 0.1) is 11.1 Å². The molecule has 2 aromatic heterocycles. The van der Waals surface area contributed by atoms with Crippen LogP contribution in [0.3, 0.4) is 0 Å². The van der Waals surface area contributed by atoms with Crippen molar-refractivity contribution in [2.24, 2.45) is 0 Å². The lowest BCUT2D eigenvalue weighted by Crippen LogP contribution is -2.01. The summed E-state index contributed by atoms with van der Waals surface area (Å²) < 4.78 is 11.0. The molecule has 0 aliphatic heterocycles. The molecule has 0 atom stereocenters. The first kappa shape index (κ1) is 16.3. The smallest absolute Gasteiger partial charge is 0.393 e. The van der Waals surface area contributed by atoms with E-state index in [2.05, 4.69) is 15.0 Å². The number of pyridine rings is 1. The predicted octanol–water partition coefficient (Wildman–Crippen LogP) is 3.93. The van der Waals surface area contributed by atoms with Gasteiger partial charge in [0.15, 0.2) is 0 Å². The largest absolute Gasteiger partial charge is 0.433 e. The molecule has 0 amide bonds. The van der Waals surface area contributed by atoms with Gasteiger partial charge in [-0.1, -0.05) is 19.1 Å². The van der Waals surface area contributed by atoms with E-state index in [1.165, 1.54) is 6.20 Å². The van der Waals surface area contributed by atoms with Crippen molar-refractivity contribution in [3.8, 4) is 23.3 Å². The maximum absolute atomic E-state index is 11.5. The lowest BCUT2D eigenvalue weighted by Gasteiger charge is -2.08. The summed E-state index contributed by atoms with van der Waals surface area (Å²) in [7, 11) is 0. The minimum atomic E-state index is -0.637. The zero-order valence-electron chi connectivity index (χ0n) is 13.3. The number of aryl methyl sites for hydroxylation is 1. The third-order valence-electron chi connectivity index (χ3n) is 3.33. The van der Waals surface area contributed by atoms with Gasteiger partial charge in [-0.3, -0.25) is 15.1 Å². The third kappa shape index (κ3) is 3.86. The molecule has 0 N–H and O–H groups in total. The molecule has 8 nitrogen and oxygen atoms in total. The van der Waals surface area contributed by atoms with Gasteiger partial charge in [0.2, 0.25) is 0 Å². The van der Waals surface area contributed by atoms with Gasteiger partial charge in [0, 0.05) is 6.20 Å². The Morgan fingerprint density at radius 3 is 2.28 bits per heavy atom. The van der Waals surface area contributed by atoms with Crippen LogP contribution in [0.4, 0.5) is 5.69 Å². The zero-order valence-corrected chi connectivity index (χ0v) is 13.3. The van der Waals surface area contributed by atoms with Crippen molar-refractivity contribution in [3.05, 3.63) is 70.8 Å². The van der Waals surface area contributed by atoms with E-state index < -0.39 is 10.6 Å². The fourth-order valence-corrected chi connectivity index (χ4v) is 2.08. The minimum Gasteiger partial charge on any atom is -0.433 e. The minimum absolute atomic E-state index is 0.192. The molecule has 0 unspecified atom stereocenters. The van der Waals surface area contributed by atoms with E-state index in [4.69, 9.17) is 9.47 Å². The van der Waals surface area contributed by atoms with Crippen molar-refractivity contribution in [1.29, 1.82) is 0 Å². The maximum Gasteiger partial charge on any atom is 0.393 e. The van der Waals surface area contributed by atoms with Gasteiger partial charge in [0.25, 0.3) is 0 Å². The molecule has 126 valence electrons. The average molecular weight is 338 g/mol. The van der Waals surface area contributed by atoms with Crippen molar-refractivity contribution in [2.45, 2.75) is 13.3 Å². The number of benzene rings is 1. The Kier molecular flexibility index (Phi) is 4.79. The average Bonchev–Trinajstić information content (AvgIpc) is 2.63. The topological polar surface area (TPSA) is 100 Å². The molecule has 0 bridgehead atoms. The van der Waals surface area contributed by atoms with Crippen LogP contribution < -0.4 is 9.47 Å². The Morgan fingerprint density at radius 1 is 1.04 bits per heavy atom. The van der Waals surface area contributed by atoms with Crippen LogP contribution in [-0.2, 0) is 6.42 Å². The summed E-state index contributed by atoms with van der Waals surface area (Å²) >= 11 is 0. The van der Waals surface area contributed by atoms with E-state index in [0.717, 1.165) is 18.3 Å². The highest BCUT2D eigenvalue weighted by atomic mass is 16.6. The zero-order chi connectivity index (χ0) is 17.6. The summed E-state index contributed by atoms with van der Waals surface area (Å²) in [6.45, 7) is 2.03. The van der Waals surface area contributed by atoms with Crippen LogP contribution in [0.25, 0.3) is 0 Å². The Hall–Kier alpha value is -3.55. The van der Waals surface area contributed by atoms with Crippen LogP contribution in [0, 0.1) is 10.1 Å². The lowest BCUT2D eigenvalue weighted by atomic mass is 10.2. The number of rotatable bonds is 6. The first-order valence-electron chi connectivity index (χ1n) is 7.51. The summed E-state index contributed by atoms with van der Waals surface area (Å²) in [6, 6.07) is 10.5. The summed E-state index contributed by atoms with van der Waals surface area (Å²) in [5.74, 6) is 0.352. The molecule has 0 aliphatic carbocycles. The molecule has 0 saturated carbocycles. The van der Waals surface area contributed by atoms with E-state index in [0.29, 0.717) is 11.5 Å². The SMILES string of the molecule is CCc1ccc(Oc2ncnc(Oc3cccnc3)c2[N+](=O)[O-])cc1. The highest BCUT2D eigenvalue weighted by Gasteiger charge is 2.27. The fraction of sp³-hybridized carbons (Fsp3) is 0.118. The standard InChI is InChI=1S/C17H14N4O4/c1-2-12-5-7-13(8-6-12)24-16-15(21(22)23)17(20-11-19-16)25-14-4-3-9-18-10-14/h3-11H,2H2,1H3. The summed E-state index contributed by atoms with van der Waals surface area (Å²) in [6.07, 6.45) is 5.02. The van der Waals surface area contributed by atoms with E-state index in [9.17, 15) is 10.1 Å². The Bertz CT molecular complexity index is 870. The normalized spacial score (nSPS) is 10.3. The van der Waals surface area contributed by atoms with Gasteiger partial charge >= 0.3 is 17.4 Å². The fourth-order valence-electron chi connectivity index (χ4n) is 2.08. The third-order valence-corrected chi connectivity index (χ3v) is 3.33. The molecular formula is C17H14N4O4. The number of nitrogens with zero attached hydrogens (tertiary/aromatic N) is 4. The molecule has 0 spiro atoms. The number of ether oxygens (including phenoxy) is 2. The first-order valence-corrected chi connectivity index (χ1v) is 7.51. The molecule has 0 fully saturated rings. The van der Waals surface area contributed by atoms with Crippen LogP contribution >= 0.6 is 0 Å². The highest BCUT2D eigenvalue weighted by Crippen LogP contribution is 2.37. The first-order chi connectivity index (χ1) is 12.2. The quantitative estimate of drug-likeness (QED) is 0.496. The van der Waals surface area contributed by atoms with Crippen LogP contribution in [0.15, 0.2) is 55.1 Å². The van der Waals surface area contributed by atoms with Gasteiger partial charge in [-0.15, -0.1) is 0 Å². The summed E-state index contributed by atoms with van der Waals surface area (Å²) in [5, 5.41) is 11.5. The predicted molar refractivity (Wildman–Crippen MR) is 88.9 cm³/mol. The van der Waals surface area contributed by atoms with Crippen molar-refractivity contribution >= 4 is 5.69 Å². The second-order valence-corrected chi connectivity index (χ2v) is 4.98. The van der Waals surface area contributed by atoms with Crippen LogP contribution in [0.2, 0.25) is 0 Å². The molecule has 0 saturated heterocycles. The highest BCUT2D eigenvalue weighted by molar-refractivity contribution is 5.52. The number of hydrogen-bond donors (Lipinski definition) is 0. The summed E-state index contributed by atoms with van der Waals surface area (Å²) in [5.41, 5.74) is 0.677. The monoisotopic (exact) mass is 338 g/mol. The lowest BCUT2D eigenvalue weighted by molar-refractivity contribution is -0.387. The van der Waals surface area contributed by atoms with Crippen molar-refractivity contribution in [1.82, 2.24) is 15.0 Å². The molecule has 8 heteroatoms. The van der Waals surface area contributed by atoms with E-state index in [-0.39, 0.29) is 11.8 Å². The molecule has 3 rings (SSSR count). The van der Waals surface area contributed by atoms with E-state index >= 15 is 0 Å². The van der Waals surface area contributed by atoms with Gasteiger partial charge in [-0.05, 0) is 36.2 Å². The van der Waals surface area contributed by atoms with Crippen molar-refractivity contribution < 1.29 is 14.4 Å². The van der Waals surface area contributed by atoms with Crippen molar-refractivity contribution in [2.75, 3.05) is 0 Å². The number of nitro groups is 1. The molecular weight excluding hydrogens is 324 g/mol. The number of hydrogen-bond acceptors (Lipinski definition) is 7. The second-order valence-electron chi connectivity index (χ2n) is 4.98. The van der Waals surface area contributed by atoms with Crippen LogP contribution in [0.5, 0.6) is 23.3 Å². The number of aromatic nitrogens is 3. The van der Waals surface area contributed by atoms with Gasteiger partial charge in [-0.25, -0.2) is 0 Å². The van der Waals surface area contributed by atoms with Gasteiger partial charge < -0.3 is 9.47 Å². The van der Waals surface area contributed by atoms with Crippen LogP contribution in [-0.4, -0.2) is 19.9 Å². The molecule has 1 aromatic carbocycles. The second kappa shape index (κ2) is 7.35. The maximum atomic E-state index is 11.5.